The SMILES string of the molecule is Cc1cc(O)ccc1NC(=O)C(N)=O. The van der Waals surface area contributed by atoms with Gasteiger partial charge < -0.3 is 16.2 Å². The lowest BCUT2D eigenvalue weighted by molar-refractivity contribution is -0.134. The Morgan fingerprint density at radius 3 is 2.57 bits per heavy atom. The second-order valence-corrected chi connectivity index (χ2v) is 2.82. The first-order valence-electron chi connectivity index (χ1n) is 3.91. The van der Waals surface area contributed by atoms with Crippen molar-refractivity contribution in [3.05, 3.63) is 23.8 Å². The van der Waals surface area contributed by atoms with Crippen molar-refractivity contribution in [2.75, 3.05) is 5.32 Å². The van der Waals surface area contributed by atoms with Crippen molar-refractivity contribution < 1.29 is 14.7 Å². The van der Waals surface area contributed by atoms with Crippen molar-refractivity contribution >= 4 is 17.5 Å². The maximum absolute atomic E-state index is 10.9. The summed E-state index contributed by atoms with van der Waals surface area (Å²) in [5.74, 6) is -1.82. The van der Waals surface area contributed by atoms with Crippen molar-refractivity contribution in [1.82, 2.24) is 0 Å². The number of nitrogens with two attached hydrogens (primary N) is 1. The van der Waals surface area contributed by atoms with Crippen LogP contribution in [0.1, 0.15) is 5.56 Å². The first-order valence-corrected chi connectivity index (χ1v) is 3.91. The summed E-state index contributed by atoms with van der Waals surface area (Å²) in [6.07, 6.45) is 0. The Hall–Kier alpha value is -2.04. The van der Waals surface area contributed by atoms with Crippen LogP contribution in [0, 0.1) is 6.92 Å². The zero-order valence-corrected chi connectivity index (χ0v) is 7.57. The van der Waals surface area contributed by atoms with Crippen LogP contribution in [0.25, 0.3) is 0 Å². The quantitative estimate of drug-likeness (QED) is 0.438. The molecule has 5 heteroatoms. The van der Waals surface area contributed by atoms with Crippen LogP contribution >= 0.6 is 0 Å². The number of benzene rings is 1. The lowest BCUT2D eigenvalue weighted by atomic mass is 10.2. The molecule has 14 heavy (non-hydrogen) atoms. The number of carbonyl (C=O) groups is 2. The minimum absolute atomic E-state index is 0.0968. The summed E-state index contributed by atoms with van der Waals surface area (Å²) in [6, 6.07) is 4.37. The molecule has 0 radical (unpaired) electrons. The highest BCUT2D eigenvalue weighted by atomic mass is 16.3. The standard InChI is InChI=1S/C9H10N2O3/c1-5-4-6(12)2-3-7(5)11-9(14)8(10)13/h2-4,12H,1H3,(H2,10,13)(H,11,14). The largest absolute Gasteiger partial charge is 0.508 e. The van der Waals surface area contributed by atoms with Crippen LogP contribution in [-0.4, -0.2) is 16.9 Å². The fourth-order valence-corrected chi connectivity index (χ4v) is 0.972. The summed E-state index contributed by atoms with van der Waals surface area (Å²) in [5, 5.41) is 11.4. The van der Waals surface area contributed by atoms with E-state index >= 15 is 0 Å². The van der Waals surface area contributed by atoms with Gasteiger partial charge >= 0.3 is 11.8 Å². The van der Waals surface area contributed by atoms with Crippen LogP contribution in [0.15, 0.2) is 18.2 Å². The number of hydrogen-bond donors (Lipinski definition) is 3. The first-order chi connectivity index (χ1) is 6.50. The predicted molar refractivity (Wildman–Crippen MR) is 50.7 cm³/mol. The molecule has 0 aliphatic rings. The highest BCUT2D eigenvalue weighted by Crippen LogP contribution is 2.19. The predicted octanol–water partition coefficient (Wildman–Crippen LogP) is 0.124. The molecule has 0 heterocycles. The molecule has 0 aliphatic heterocycles. The number of anilines is 1. The molecule has 0 atom stereocenters. The third-order valence-electron chi connectivity index (χ3n) is 1.68. The number of phenolic OH excluding ortho intramolecular Hbond substituents is 1. The van der Waals surface area contributed by atoms with E-state index in [0.29, 0.717) is 11.3 Å². The van der Waals surface area contributed by atoms with Gasteiger partial charge in [0.25, 0.3) is 0 Å². The van der Waals surface area contributed by atoms with Crippen LogP contribution in [-0.2, 0) is 9.59 Å². The molecule has 74 valence electrons. The molecule has 1 rings (SSSR count). The number of hydrogen-bond acceptors (Lipinski definition) is 3. The molecule has 0 aromatic heterocycles. The molecule has 1 aromatic rings. The fraction of sp³-hybridized carbons (Fsp3) is 0.111. The molecule has 0 bridgehead atoms. The van der Waals surface area contributed by atoms with E-state index in [1.54, 1.807) is 6.92 Å². The molecule has 0 spiro atoms. The van der Waals surface area contributed by atoms with Crippen molar-refractivity contribution in [3.63, 3.8) is 0 Å². The number of carbonyl (C=O) groups excluding carboxylic acids is 2. The third-order valence-corrected chi connectivity index (χ3v) is 1.68. The summed E-state index contributed by atoms with van der Waals surface area (Å²) in [7, 11) is 0. The molecule has 5 nitrogen and oxygen atoms in total. The van der Waals surface area contributed by atoms with Gasteiger partial charge in [-0.05, 0) is 30.7 Å². The van der Waals surface area contributed by atoms with Crippen molar-refractivity contribution in [2.45, 2.75) is 6.92 Å². The van der Waals surface area contributed by atoms with E-state index < -0.39 is 11.8 Å². The molecule has 0 saturated carbocycles. The zero-order valence-electron chi connectivity index (χ0n) is 7.57. The van der Waals surface area contributed by atoms with E-state index in [4.69, 9.17) is 10.8 Å². The zero-order chi connectivity index (χ0) is 10.7. The Bertz CT molecular complexity index is 388. The van der Waals surface area contributed by atoms with Crippen molar-refractivity contribution in [2.24, 2.45) is 5.73 Å². The fourth-order valence-electron chi connectivity index (χ4n) is 0.972. The van der Waals surface area contributed by atoms with Gasteiger partial charge in [0.15, 0.2) is 0 Å². The Morgan fingerprint density at radius 2 is 2.07 bits per heavy atom. The molecule has 2 amide bonds. The molecular weight excluding hydrogens is 184 g/mol. The lowest BCUT2D eigenvalue weighted by Gasteiger charge is -2.06. The number of phenols is 1. The van der Waals surface area contributed by atoms with Gasteiger partial charge in [0, 0.05) is 5.69 Å². The molecule has 0 fully saturated rings. The van der Waals surface area contributed by atoms with Gasteiger partial charge in [-0.2, -0.15) is 0 Å². The molecule has 0 saturated heterocycles. The Balaban J connectivity index is 2.87. The van der Waals surface area contributed by atoms with Crippen molar-refractivity contribution in [3.8, 4) is 5.75 Å². The summed E-state index contributed by atoms with van der Waals surface area (Å²) < 4.78 is 0. The summed E-state index contributed by atoms with van der Waals surface area (Å²) in [6.45, 7) is 1.69. The van der Waals surface area contributed by atoms with E-state index in [1.807, 2.05) is 0 Å². The lowest BCUT2D eigenvalue weighted by Crippen LogP contribution is -2.29. The van der Waals surface area contributed by atoms with Crippen LogP contribution in [0.2, 0.25) is 0 Å². The van der Waals surface area contributed by atoms with Crippen LogP contribution < -0.4 is 11.1 Å². The van der Waals surface area contributed by atoms with Gasteiger partial charge in [-0.15, -0.1) is 0 Å². The minimum atomic E-state index is -1.04. The van der Waals surface area contributed by atoms with Gasteiger partial charge in [-0.1, -0.05) is 0 Å². The van der Waals surface area contributed by atoms with E-state index in [1.165, 1.54) is 18.2 Å². The van der Waals surface area contributed by atoms with E-state index in [9.17, 15) is 9.59 Å². The molecular formula is C9H10N2O3. The third kappa shape index (κ3) is 2.22. The number of primary amides is 1. The number of amides is 2. The van der Waals surface area contributed by atoms with Gasteiger partial charge in [0.05, 0.1) is 0 Å². The van der Waals surface area contributed by atoms with E-state index in [2.05, 4.69) is 5.32 Å². The Kier molecular flexibility index (Phi) is 2.71. The van der Waals surface area contributed by atoms with Gasteiger partial charge in [0.1, 0.15) is 5.75 Å². The highest BCUT2D eigenvalue weighted by molar-refractivity contribution is 6.39. The van der Waals surface area contributed by atoms with Crippen LogP contribution in [0.4, 0.5) is 5.69 Å². The summed E-state index contributed by atoms with van der Waals surface area (Å²) in [4.78, 5) is 21.3. The molecule has 0 aliphatic carbocycles. The van der Waals surface area contributed by atoms with Gasteiger partial charge in [0.2, 0.25) is 0 Å². The maximum Gasteiger partial charge on any atom is 0.313 e. The second-order valence-electron chi connectivity index (χ2n) is 2.82. The topological polar surface area (TPSA) is 92.4 Å². The maximum atomic E-state index is 10.9. The molecule has 0 unspecified atom stereocenters. The average molecular weight is 194 g/mol. The number of nitrogens with one attached hydrogen (secondary N) is 1. The van der Waals surface area contributed by atoms with Gasteiger partial charge in [-0.25, -0.2) is 0 Å². The highest BCUT2D eigenvalue weighted by Gasteiger charge is 2.09. The number of aryl methyl sites for hydroxylation is 1. The molecule has 1 aromatic carbocycles. The Labute approximate surface area is 80.5 Å². The molecule has 4 N–H and O–H groups in total. The normalized spacial score (nSPS) is 9.50. The second kappa shape index (κ2) is 3.78. The van der Waals surface area contributed by atoms with Crippen molar-refractivity contribution in [1.29, 1.82) is 0 Å². The first kappa shape index (κ1) is 10.0. The van der Waals surface area contributed by atoms with E-state index in [0.717, 1.165) is 0 Å². The number of aromatic hydroxyl groups is 1. The smallest absolute Gasteiger partial charge is 0.313 e. The van der Waals surface area contributed by atoms with Crippen LogP contribution in [0.3, 0.4) is 0 Å². The Morgan fingerprint density at radius 1 is 1.43 bits per heavy atom. The minimum Gasteiger partial charge on any atom is -0.508 e. The number of rotatable bonds is 1. The average Bonchev–Trinajstić information content (AvgIpc) is 2.09. The van der Waals surface area contributed by atoms with Crippen LogP contribution in [0.5, 0.6) is 5.75 Å². The monoisotopic (exact) mass is 194 g/mol. The van der Waals surface area contributed by atoms with E-state index in [-0.39, 0.29) is 5.75 Å². The summed E-state index contributed by atoms with van der Waals surface area (Å²) >= 11 is 0. The van der Waals surface area contributed by atoms with Gasteiger partial charge in [-0.3, -0.25) is 9.59 Å². The summed E-state index contributed by atoms with van der Waals surface area (Å²) in [5.41, 5.74) is 5.87.